The molecular weight excluding hydrogens is 370 g/mol. The molecule has 3 atom stereocenters. The van der Waals surface area contributed by atoms with E-state index >= 15 is 0 Å². The first-order valence-electron chi connectivity index (χ1n) is 10.6. The Morgan fingerprint density at radius 2 is 2.00 bits per heavy atom. The quantitative estimate of drug-likeness (QED) is 0.712. The zero-order valence-corrected chi connectivity index (χ0v) is 16.9. The van der Waals surface area contributed by atoms with E-state index in [1.54, 1.807) is 12.0 Å². The number of carbonyl (C=O) groups excluding carboxylic acids is 3. The van der Waals surface area contributed by atoms with Crippen molar-refractivity contribution in [1.82, 2.24) is 15.5 Å². The second-order valence-electron chi connectivity index (χ2n) is 8.38. The topological polar surface area (TPSA) is 87.7 Å². The molecule has 2 N–H and O–H groups in total. The largest absolute Gasteiger partial charge is 0.384 e. The van der Waals surface area contributed by atoms with Gasteiger partial charge in [-0.25, -0.2) is 0 Å². The van der Waals surface area contributed by atoms with Crippen molar-refractivity contribution < 1.29 is 19.1 Å². The highest BCUT2D eigenvalue weighted by Crippen LogP contribution is 2.29. The fourth-order valence-electron chi connectivity index (χ4n) is 4.88. The number of fused-ring (bicyclic) bond motifs is 1. The van der Waals surface area contributed by atoms with E-state index < -0.39 is 6.04 Å². The van der Waals surface area contributed by atoms with E-state index in [1.807, 2.05) is 12.1 Å². The number of piperidine rings is 1. The van der Waals surface area contributed by atoms with E-state index in [0.717, 1.165) is 24.3 Å². The van der Waals surface area contributed by atoms with Gasteiger partial charge in [0.15, 0.2) is 0 Å². The van der Waals surface area contributed by atoms with Crippen LogP contribution in [0.1, 0.15) is 60.0 Å². The Kier molecular flexibility index (Phi) is 5.96. The number of amides is 3. The summed E-state index contributed by atoms with van der Waals surface area (Å²) >= 11 is 0. The molecule has 0 bridgehead atoms. The summed E-state index contributed by atoms with van der Waals surface area (Å²) in [6.07, 6.45) is 5.55. The van der Waals surface area contributed by atoms with Crippen LogP contribution >= 0.6 is 0 Å². The zero-order valence-electron chi connectivity index (χ0n) is 16.9. The van der Waals surface area contributed by atoms with Gasteiger partial charge in [0.25, 0.3) is 5.91 Å². The third-order valence-electron chi connectivity index (χ3n) is 6.45. The van der Waals surface area contributed by atoms with Gasteiger partial charge in [-0.2, -0.15) is 0 Å². The third-order valence-corrected chi connectivity index (χ3v) is 6.45. The van der Waals surface area contributed by atoms with Crippen molar-refractivity contribution in [3.8, 4) is 0 Å². The summed E-state index contributed by atoms with van der Waals surface area (Å²) in [4.78, 5) is 37.9. The summed E-state index contributed by atoms with van der Waals surface area (Å²) in [7, 11) is 1.76. The van der Waals surface area contributed by atoms with Crippen LogP contribution in [0.2, 0.25) is 0 Å². The lowest BCUT2D eigenvalue weighted by atomic mass is 9.85. The molecule has 2 heterocycles. The summed E-state index contributed by atoms with van der Waals surface area (Å²) in [6.45, 7) is 1.96. The average Bonchev–Trinajstić information content (AvgIpc) is 3.03. The zero-order chi connectivity index (χ0) is 20.4. The lowest BCUT2D eigenvalue weighted by Crippen LogP contribution is -2.52. The van der Waals surface area contributed by atoms with E-state index in [0.29, 0.717) is 30.5 Å². The van der Waals surface area contributed by atoms with E-state index in [2.05, 4.69) is 16.7 Å². The molecule has 0 aromatic heterocycles. The van der Waals surface area contributed by atoms with Crippen molar-refractivity contribution in [1.29, 1.82) is 0 Å². The standard InChI is InChI=1S/C22H29N3O4/c1-29-13-15-4-2-3-5-18(15)23-11-14-6-7-17-16(10-14)12-25(22(17)28)19-8-9-20(26)24-21(19)27/h6-7,10,15,18-19,23H,2-5,8-9,11-13H2,1H3,(H,24,26,27)/t15-,18-,19?/m0/s1. The number of ether oxygens (including phenoxy) is 1. The van der Waals surface area contributed by atoms with Gasteiger partial charge < -0.3 is 15.0 Å². The molecule has 0 spiro atoms. The number of benzene rings is 1. The highest BCUT2D eigenvalue weighted by atomic mass is 16.5. The van der Waals surface area contributed by atoms with Gasteiger partial charge in [-0.1, -0.05) is 25.0 Å². The van der Waals surface area contributed by atoms with Crippen molar-refractivity contribution in [2.75, 3.05) is 13.7 Å². The van der Waals surface area contributed by atoms with Crippen LogP contribution < -0.4 is 10.6 Å². The smallest absolute Gasteiger partial charge is 0.255 e. The van der Waals surface area contributed by atoms with Gasteiger partial charge in [0.2, 0.25) is 11.8 Å². The van der Waals surface area contributed by atoms with E-state index in [4.69, 9.17) is 4.74 Å². The van der Waals surface area contributed by atoms with Gasteiger partial charge >= 0.3 is 0 Å². The van der Waals surface area contributed by atoms with Gasteiger partial charge in [0.05, 0.1) is 6.61 Å². The first kappa shape index (κ1) is 20.0. The number of methoxy groups -OCH3 is 1. The Morgan fingerprint density at radius 3 is 2.79 bits per heavy atom. The maximum Gasteiger partial charge on any atom is 0.255 e. The number of imide groups is 1. The summed E-state index contributed by atoms with van der Waals surface area (Å²) < 4.78 is 5.38. The number of nitrogens with zero attached hydrogens (tertiary/aromatic N) is 1. The minimum absolute atomic E-state index is 0.124. The lowest BCUT2D eigenvalue weighted by Gasteiger charge is -2.32. The molecular formula is C22H29N3O4. The molecule has 3 aliphatic rings. The fraction of sp³-hybridized carbons (Fsp3) is 0.591. The van der Waals surface area contributed by atoms with Gasteiger partial charge in [-0.3, -0.25) is 19.7 Å². The molecule has 1 aliphatic carbocycles. The number of hydrogen-bond acceptors (Lipinski definition) is 5. The second-order valence-corrected chi connectivity index (χ2v) is 8.38. The van der Waals surface area contributed by atoms with Crippen molar-refractivity contribution in [3.63, 3.8) is 0 Å². The average molecular weight is 399 g/mol. The summed E-state index contributed by atoms with van der Waals surface area (Å²) in [6, 6.07) is 5.82. The highest BCUT2D eigenvalue weighted by Gasteiger charge is 2.39. The Bertz CT molecular complexity index is 807. The van der Waals surface area contributed by atoms with Crippen molar-refractivity contribution in [3.05, 3.63) is 34.9 Å². The molecule has 2 aliphatic heterocycles. The Hall–Kier alpha value is -2.25. The minimum atomic E-state index is -0.564. The molecule has 1 aromatic rings. The van der Waals surface area contributed by atoms with Crippen molar-refractivity contribution in [2.24, 2.45) is 5.92 Å². The molecule has 4 rings (SSSR count). The summed E-state index contributed by atoms with van der Waals surface area (Å²) in [5, 5.41) is 6.03. The van der Waals surface area contributed by atoms with Crippen LogP contribution in [0, 0.1) is 5.92 Å². The van der Waals surface area contributed by atoms with Gasteiger partial charge in [-0.15, -0.1) is 0 Å². The predicted molar refractivity (Wildman–Crippen MR) is 107 cm³/mol. The van der Waals surface area contributed by atoms with Gasteiger partial charge in [-0.05, 0) is 42.4 Å². The van der Waals surface area contributed by atoms with Gasteiger partial charge in [0, 0.05) is 38.2 Å². The van der Waals surface area contributed by atoms with E-state index in [9.17, 15) is 14.4 Å². The second kappa shape index (κ2) is 8.63. The Balaban J connectivity index is 1.41. The van der Waals surface area contributed by atoms with Crippen LogP contribution in [0.3, 0.4) is 0 Å². The van der Waals surface area contributed by atoms with Crippen molar-refractivity contribution >= 4 is 17.7 Å². The first-order valence-corrected chi connectivity index (χ1v) is 10.6. The summed E-state index contributed by atoms with van der Waals surface area (Å²) in [5.41, 5.74) is 2.76. The number of hydrogen-bond donors (Lipinski definition) is 2. The van der Waals surface area contributed by atoms with Crippen LogP contribution in [-0.4, -0.2) is 48.4 Å². The molecule has 1 saturated carbocycles. The number of nitrogens with one attached hydrogen (secondary N) is 2. The van der Waals surface area contributed by atoms with Crippen LogP contribution in [0.25, 0.3) is 0 Å². The number of rotatable bonds is 6. The molecule has 1 unspecified atom stereocenters. The molecule has 2 fully saturated rings. The monoisotopic (exact) mass is 399 g/mol. The molecule has 156 valence electrons. The molecule has 1 saturated heterocycles. The van der Waals surface area contributed by atoms with Crippen LogP contribution in [0.5, 0.6) is 0 Å². The van der Waals surface area contributed by atoms with E-state index in [-0.39, 0.29) is 24.1 Å². The molecule has 1 aromatic carbocycles. The first-order chi connectivity index (χ1) is 14.1. The highest BCUT2D eigenvalue weighted by molar-refractivity contribution is 6.05. The maximum atomic E-state index is 12.8. The number of carbonyl (C=O) groups is 3. The maximum absolute atomic E-state index is 12.8. The molecule has 0 radical (unpaired) electrons. The fourth-order valence-corrected chi connectivity index (χ4v) is 4.88. The lowest BCUT2D eigenvalue weighted by molar-refractivity contribution is -0.136. The minimum Gasteiger partial charge on any atom is -0.384 e. The molecule has 3 amide bonds. The summed E-state index contributed by atoms with van der Waals surface area (Å²) in [5.74, 6) is -0.210. The molecule has 7 nitrogen and oxygen atoms in total. The molecule has 29 heavy (non-hydrogen) atoms. The third kappa shape index (κ3) is 4.21. The van der Waals surface area contributed by atoms with Gasteiger partial charge in [0.1, 0.15) is 6.04 Å². The Labute approximate surface area is 171 Å². The SMILES string of the molecule is COC[C@@H]1CCCC[C@@H]1NCc1ccc2c(c1)CN(C1CCC(=O)NC1=O)C2=O. The van der Waals surface area contributed by atoms with Crippen LogP contribution in [0.4, 0.5) is 0 Å². The normalized spacial score (nSPS) is 27.1. The van der Waals surface area contributed by atoms with Crippen LogP contribution in [0.15, 0.2) is 18.2 Å². The predicted octanol–water partition coefficient (Wildman–Crippen LogP) is 1.74. The van der Waals surface area contributed by atoms with E-state index in [1.165, 1.54) is 25.7 Å². The molecule has 7 heteroatoms. The Morgan fingerprint density at radius 1 is 1.17 bits per heavy atom. The van der Waals surface area contributed by atoms with Crippen LogP contribution in [-0.2, 0) is 27.4 Å². The van der Waals surface area contributed by atoms with Crippen molar-refractivity contribution in [2.45, 2.75) is 63.7 Å².